The van der Waals surface area contributed by atoms with Gasteiger partial charge in [0.1, 0.15) is 6.10 Å². The van der Waals surface area contributed by atoms with Gasteiger partial charge in [-0.1, -0.05) is 56.0 Å². The lowest BCUT2D eigenvalue weighted by Gasteiger charge is -2.40. The molecule has 1 N–H and O–H groups in total. The number of nitrogens with one attached hydrogen (secondary N) is 1. The molecule has 0 aromatic heterocycles. The smallest absolute Gasteiger partial charge is 0.248 e. The predicted octanol–water partition coefficient (Wildman–Crippen LogP) is 3.36. The summed E-state index contributed by atoms with van der Waals surface area (Å²) in [4.78, 5) is 14.7. The highest BCUT2D eigenvalue weighted by Gasteiger charge is 2.33. The number of hydrogen-bond acceptors (Lipinski definition) is 3. The highest BCUT2D eigenvalue weighted by molar-refractivity contribution is 5.80. The molecule has 2 rings (SSSR count). The third-order valence-corrected chi connectivity index (χ3v) is 5.29. The maximum atomic E-state index is 12.4. The molecule has 1 saturated carbocycles. The number of ether oxygens (including phenoxy) is 1. The zero-order chi connectivity index (χ0) is 17.4. The van der Waals surface area contributed by atoms with Crippen LogP contribution in [0.2, 0.25) is 0 Å². The first-order valence-electron chi connectivity index (χ1n) is 9.14. The summed E-state index contributed by atoms with van der Waals surface area (Å²) in [5.41, 5.74) is 1.18. The van der Waals surface area contributed by atoms with Crippen molar-refractivity contribution in [1.82, 2.24) is 10.2 Å². The van der Waals surface area contributed by atoms with E-state index in [0.29, 0.717) is 13.2 Å². The standard InChI is InChI=1S/C20H32N2O2/c1-17(24-15-18-11-7-6-8-12-18)19(23)21-16-20(22(2)3)13-9-4-5-10-14-20/h6-8,11-12,17H,4-5,9-10,13-16H2,1-3H3,(H,21,23). The average molecular weight is 332 g/mol. The minimum atomic E-state index is -0.435. The van der Waals surface area contributed by atoms with Crippen LogP contribution in [0, 0.1) is 0 Å². The van der Waals surface area contributed by atoms with Gasteiger partial charge in [-0.3, -0.25) is 4.79 Å². The van der Waals surface area contributed by atoms with Crippen LogP contribution in [0.3, 0.4) is 0 Å². The normalized spacial score (nSPS) is 18.8. The molecule has 0 radical (unpaired) electrons. The van der Waals surface area contributed by atoms with Gasteiger partial charge in [0.2, 0.25) is 5.91 Å². The fraction of sp³-hybridized carbons (Fsp3) is 0.650. The maximum Gasteiger partial charge on any atom is 0.248 e. The lowest BCUT2D eigenvalue weighted by molar-refractivity contribution is -0.133. The monoisotopic (exact) mass is 332 g/mol. The zero-order valence-corrected chi connectivity index (χ0v) is 15.4. The summed E-state index contributed by atoms with van der Waals surface area (Å²) in [7, 11) is 4.26. The second kappa shape index (κ2) is 9.19. The van der Waals surface area contributed by atoms with Crippen LogP contribution in [-0.4, -0.2) is 43.1 Å². The molecule has 1 aromatic carbocycles. The van der Waals surface area contributed by atoms with Gasteiger partial charge in [-0.05, 0) is 39.4 Å². The van der Waals surface area contributed by atoms with Gasteiger partial charge in [-0.2, -0.15) is 0 Å². The van der Waals surface area contributed by atoms with Crippen molar-refractivity contribution in [3.63, 3.8) is 0 Å². The lowest BCUT2D eigenvalue weighted by Crippen LogP contribution is -2.53. The molecule has 1 aromatic rings. The Morgan fingerprint density at radius 1 is 1.17 bits per heavy atom. The summed E-state index contributed by atoms with van der Waals surface area (Å²) in [6.07, 6.45) is 6.97. The van der Waals surface area contributed by atoms with E-state index in [1.54, 1.807) is 0 Å². The summed E-state index contributed by atoms with van der Waals surface area (Å²) in [6.45, 7) is 3.00. The summed E-state index contributed by atoms with van der Waals surface area (Å²) >= 11 is 0. The highest BCUT2D eigenvalue weighted by Crippen LogP contribution is 2.30. The lowest BCUT2D eigenvalue weighted by atomic mass is 9.88. The van der Waals surface area contributed by atoms with Crippen molar-refractivity contribution in [2.24, 2.45) is 0 Å². The number of carbonyl (C=O) groups is 1. The second-order valence-corrected chi connectivity index (χ2v) is 7.19. The molecule has 4 heteroatoms. The fourth-order valence-corrected chi connectivity index (χ4v) is 3.44. The van der Waals surface area contributed by atoms with Gasteiger partial charge in [0.15, 0.2) is 0 Å². The first-order chi connectivity index (χ1) is 11.5. The molecule has 1 unspecified atom stereocenters. The minimum absolute atomic E-state index is 0.0172. The van der Waals surface area contributed by atoms with E-state index in [2.05, 4.69) is 24.3 Å². The van der Waals surface area contributed by atoms with E-state index in [0.717, 1.165) is 18.4 Å². The molecule has 0 aliphatic heterocycles. The van der Waals surface area contributed by atoms with Gasteiger partial charge in [0.25, 0.3) is 0 Å². The minimum Gasteiger partial charge on any atom is -0.364 e. The number of nitrogens with zero attached hydrogens (tertiary/aromatic N) is 1. The van der Waals surface area contributed by atoms with Gasteiger partial charge in [0, 0.05) is 12.1 Å². The first-order valence-corrected chi connectivity index (χ1v) is 9.14. The average Bonchev–Trinajstić information content (AvgIpc) is 2.85. The molecule has 0 bridgehead atoms. The molecule has 0 heterocycles. The van der Waals surface area contributed by atoms with E-state index >= 15 is 0 Å². The van der Waals surface area contributed by atoms with E-state index < -0.39 is 6.10 Å². The predicted molar refractivity (Wildman–Crippen MR) is 97.8 cm³/mol. The molecule has 1 aliphatic rings. The van der Waals surface area contributed by atoms with Crippen LogP contribution in [0.1, 0.15) is 51.0 Å². The Morgan fingerprint density at radius 2 is 1.79 bits per heavy atom. The zero-order valence-electron chi connectivity index (χ0n) is 15.4. The number of likely N-dealkylation sites (N-methyl/N-ethyl adjacent to an activating group) is 1. The number of amides is 1. The molecule has 1 aliphatic carbocycles. The van der Waals surface area contributed by atoms with Crippen molar-refractivity contribution in [1.29, 1.82) is 0 Å². The van der Waals surface area contributed by atoms with Crippen molar-refractivity contribution in [3.05, 3.63) is 35.9 Å². The molecule has 4 nitrogen and oxygen atoms in total. The topological polar surface area (TPSA) is 41.6 Å². The highest BCUT2D eigenvalue weighted by atomic mass is 16.5. The van der Waals surface area contributed by atoms with E-state index in [4.69, 9.17) is 4.74 Å². The Bertz CT molecular complexity index is 494. The number of carbonyl (C=O) groups excluding carboxylic acids is 1. The molecular weight excluding hydrogens is 300 g/mol. The molecule has 1 fully saturated rings. The Hall–Kier alpha value is -1.39. The van der Waals surface area contributed by atoms with Gasteiger partial charge >= 0.3 is 0 Å². The quantitative estimate of drug-likeness (QED) is 0.779. The van der Waals surface area contributed by atoms with E-state index in [-0.39, 0.29) is 11.4 Å². The SMILES string of the molecule is CC(OCc1ccccc1)C(=O)NCC1(N(C)C)CCCCCC1. The summed E-state index contributed by atoms with van der Waals surface area (Å²) < 4.78 is 5.72. The van der Waals surface area contributed by atoms with Crippen LogP contribution in [0.5, 0.6) is 0 Å². The van der Waals surface area contributed by atoms with Crippen LogP contribution in [-0.2, 0) is 16.1 Å². The molecule has 134 valence electrons. The van der Waals surface area contributed by atoms with Crippen LogP contribution in [0.15, 0.2) is 30.3 Å². The summed E-state index contributed by atoms with van der Waals surface area (Å²) in [6, 6.07) is 9.97. The first kappa shape index (κ1) is 18.9. The number of hydrogen-bond donors (Lipinski definition) is 1. The largest absolute Gasteiger partial charge is 0.364 e. The maximum absolute atomic E-state index is 12.4. The Morgan fingerprint density at radius 3 is 2.38 bits per heavy atom. The number of benzene rings is 1. The Labute approximate surface area is 146 Å². The molecule has 24 heavy (non-hydrogen) atoms. The summed E-state index contributed by atoms with van der Waals surface area (Å²) in [5, 5.41) is 3.13. The molecule has 1 amide bonds. The molecule has 0 saturated heterocycles. The second-order valence-electron chi connectivity index (χ2n) is 7.19. The van der Waals surface area contributed by atoms with Gasteiger partial charge in [-0.15, -0.1) is 0 Å². The van der Waals surface area contributed by atoms with Gasteiger partial charge in [-0.25, -0.2) is 0 Å². The Balaban J connectivity index is 1.83. The van der Waals surface area contributed by atoms with Crippen LogP contribution in [0.25, 0.3) is 0 Å². The van der Waals surface area contributed by atoms with Crippen molar-refractivity contribution in [2.45, 2.75) is 63.7 Å². The summed E-state index contributed by atoms with van der Waals surface area (Å²) in [5.74, 6) is -0.0172. The van der Waals surface area contributed by atoms with E-state index in [1.807, 2.05) is 37.3 Å². The molecular formula is C20H32N2O2. The van der Waals surface area contributed by atoms with Crippen LogP contribution < -0.4 is 5.32 Å². The van der Waals surface area contributed by atoms with E-state index in [1.165, 1.54) is 25.7 Å². The van der Waals surface area contributed by atoms with Gasteiger partial charge in [0.05, 0.1) is 6.61 Å². The third kappa shape index (κ3) is 5.32. The van der Waals surface area contributed by atoms with Gasteiger partial charge < -0.3 is 15.0 Å². The number of rotatable bonds is 7. The Kier molecular flexibility index (Phi) is 7.25. The molecule has 1 atom stereocenters. The van der Waals surface area contributed by atoms with E-state index in [9.17, 15) is 4.79 Å². The van der Waals surface area contributed by atoms with Crippen molar-refractivity contribution < 1.29 is 9.53 Å². The van der Waals surface area contributed by atoms with Crippen molar-refractivity contribution in [2.75, 3.05) is 20.6 Å². The molecule has 0 spiro atoms. The van der Waals surface area contributed by atoms with Crippen LogP contribution >= 0.6 is 0 Å². The third-order valence-electron chi connectivity index (χ3n) is 5.29. The van der Waals surface area contributed by atoms with Crippen molar-refractivity contribution >= 4 is 5.91 Å². The van der Waals surface area contributed by atoms with Crippen molar-refractivity contribution in [3.8, 4) is 0 Å². The fourth-order valence-electron chi connectivity index (χ4n) is 3.44. The van der Waals surface area contributed by atoms with Crippen LogP contribution in [0.4, 0.5) is 0 Å².